The first-order valence-corrected chi connectivity index (χ1v) is 12.2. The van der Waals surface area contributed by atoms with Crippen molar-refractivity contribution in [1.82, 2.24) is 9.62 Å². The number of amides is 1. The smallest absolute Gasteiger partial charge is 0.340 e. The molecule has 0 bridgehead atoms. The van der Waals surface area contributed by atoms with Crippen LogP contribution in [0.15, 0.2) is 34.5 Å². The van der Waals surface area contributed by atoms with Crippen LogP contribution < -0.4 is 4.72 Å². The minimum atomic E-state index is -3.82. The number of hydrogen-bond acceptors (Lipinski definition) is 6. The molecule has 7 nitrogen and oxygen atoms in total. The molecule has 1 aromatic carbocycles. The molecule has 0 radical (unpaired) electrons. The fourth-order valence-electron chi connectivity index (χ4n) is 4.12. The molecule has 0 spiro atoms. The number of methoxy groups -OCH3 is 1. The van der Waals surface area contributed by atoms with Crippen LogP contribution in [0.25, 0.3) is 0 Å². The average molecular weight is 449 g/mol. The molecule has 0 atom stereocenters. The SMILES string of the molecule is CCNS(=O)(=O)c1sc2c(c1C(=O)OC)CCN(C(=O)C1(c3ccccc3)CC1)C2. The molecule has 2 heterocycles. The quantitative estimate of drug-likeness (QED) is 0.686. The summed E-state index contributed by atoms with van der Waals surface area (Å²) in [5.74, 6) is -0.588. The van der Waals surface area contributed by atoms with E-state index in [1.54, 1.807) is 11.8 Å². The molecule has 0 unspecified atom stereocenters. The van der Waals surface area contributed by atoms with E-state index < -0.39 is 21.4 Å². The molecule has 160 valence electrons. The Kier molecular flexibility index (Phi) is 5.46. The topological polar surface area (TPSA) is 92.8 Å². The Balaban J connectivity index is 1.67. The van der Waals surface area contributed by atoms with E-state index in [1.165, 1.54) is 7.11 Å². The number of nitrogens with one attached hydrogen (secondary N) is 1. The zero-order chi connectivity index (χ0) is 21.5. The van der Waals surface area contributed by atoms with Crippen molar-refractivity contribution < 1.29 is 22.7 Å². The lowest BCUT2D eigenvalue weighted by molar-refractivity contribution is -0.134. The highest BCUT2D eigenvalue weighted by atomic mass is 32.2. The number of fused-ring (bicyclic) bond motifs is 1. The van der Waals surface area contributed by atoms with Gasteiger partial charge in [-0.2, -0.15) is 0 Å². The second kappa shape index (κ2) is 7.79. The Morgan fingerprint density at radius 2 is 1.93 bits per heavy atom. The highest BCUT2D eigenvalue weighted by Crippen LogP contribution is 2.50. The minimum Gasteiger partial charge on any atom is -0.465 e. The maximum atomic E-state index is 13.4. The van der Waals surface area contributed by atoms with Gasteiger partial charge in [0, 0.05) is 18.0 Å². The summed E-state index contributed by atoms with van der Waals surface area (Å²) in [6, 6.07) is 9.79. The summed E-state index contributed by atoms with van der Waals surface area (Å²) in [5.41, 5.74) is 1.34. The lowest BCUT2D eigenvalue weighted by atomic mass is 9.93. The number of carbonyl (C=O) groups excluding carboxylic acids is 2. The first-order chi connectivity index (χ1) is 14.3. The first kappa shape index (κ1) is 21.0. The minimum absolute atomic E-state index is 0.0281. The van der Waals surface area contributed by atoms with Gasteiger partial charge in [-0.3, -0.25) is 4.79 Å². The summed E-state index contributed by atoms with van der Waals surface area (Å²) in [5, 5.41) is 0. The van der Waals surface area contributed by atoms with Gasteiger partial charge in [0.1, 0.15) is 4.21 Å². The molecule has 2 aromatic rings. The maximum absolute atomic E-state index is 13.4. The van der Waals surface area contributed by atoms with Crippen LogP contribution in [0.1, 0.15) is 46.1 Å². The van der Waals surface area contributed by atoms with Gasteiger partial charge in [0.15, 0.2) is 0 Å². The van der Waals surface area contributed by atoms with E-state index >= 15 is 0 Å². The van der Waals surface area contributed by atoms with Crippen molar-refractivity contribution in [2.24, 2.45) is 0 Å². The zero-order valence-electron chi connectivity index (χ0n) is 16.9. The molecule has 4 rings (SSSR count). The number of nitrogens with zero attached hydrogens (tertiary/aromatic N) is 1. The van der Waals surface area contributed by atoms with Crippen molar-refractivity contribution in [3.8, 4) is 0 Å². The number of rotatable bonds is 6. The molecular weight excluding hydrogens is 424 g/mol. The van der Waals surface area contributed by atoms with Crippen LogP contribution in [0.5, 0.6) is 0 Å². The molecule has 1 fully saturated rings. The van der Waals surface area contributed by atoms with E-state index in [1.807, 2.05) is 30.3 Å². The third-order valence-electron chi connectivity index (χ3n) is 5.77. The van der Waals surface area contributed by atoms with Crippen LogP contribution in [-0.2, 0) is 37.9 Å². The molecule has 1 N–H and O–H groups in total. The molecular formula is C21H24N2O5S2. The Morgan fingerprint density at radius 1 is 1.23 bits per heavy atom. The van der Waals surface area contributed by atoms with Gasteiger partial charge >= 0.3 is 5.97 Å². The molecule has 1 aromatic heterocycles. The van der Waals surface area contributed by atoms with Crippen molar-refractivity contribution in [1.29, 1.82) is 0 Å². The molecule has 30 heavy (non-hydrogen) atoms. The molecule has 1 aliphatic heterocycles. The zero-order valence-corrected chi connectivity index (χ0v) is 18.6. The number of sulfonamides is 1. The summed E-state index contributed by atoms with van der Waals surface area (Å²) in [4.78, 5) is 28.3. The van der Waals surface area contributed by atoms with E-state index in [-0.39, 0.29) is 22.2 Å². The van der Waals surface area contributed by atoms with Crippen LogP contribution in [0.4, 0.5) is 0 Å². The standard InChI is InChI=1S/C21H24N2O5S2/c1-3-22-30(26,27)19-17(18(24)28-2)15-9-12-23(13-16(15)29-19)20(25)21(10-11-21)14-7-5-4-6-8-14/h4-8,22H,3,9-13H2,1-2H3. The molecule has 1 aliphatic carbocycles. The van der Waals surface area contributed by atoms with Gasteiger partial charge in [-0.1, -0.05) is 37.3 Å². The summed E-state index contributed by atoms with van der Waals surface area (Å²) in [6.45, 7) is 2.65. The van der Waals surface area contributed by atoms with Gasteiger partial charge in [-0.05, 0) is 30.4 Å². The number of thiophene rings is 1. The number of benzene rings is 1. The van der Waals surface area contributed by atoms with Crippen LogP contribution in [0.3, 0.4) is 0 Å². The largest absolute Gasteiger partial charge is 0.465 e. The number of carbonyl (C=O) groups is 2. The fraction of sp³-hybridized carbons (Fsp3) is 0.429. The van der Waals surface area contributed by atoms with E-state index in [4.69, 9.17) is 4.74 Å². The Bertz CT molecular complexity index is 1090. The summed E-state index contributed by atoms with van der Waals surface area (Å²) >= 11 is 1.06. The van der Waals surface area contributed by atoms with Gasteiger partial charge in [0.25, 0.3) is 10.0 Å². The number of hydrogen-bond donors (Lipinski definition) is 1. The molecule has 2 aliphatic rings. The first-order valence-electron chi connectivity index (χ1n) is 9.91. The summed E-state index contributed by atoms with van der Waals surface area (Å²) < 4.78 is 32.6. The van der Waals surface area contributed by atoms with Gasteiger partial charge in [0.05, 0.1) is 24.6 Å². The van der Waals surface area contributed by atoms with E-state index in [9.17, 15) is 18.0 Å². The Hall–Kier alpha value is -2.23. The second-order valence-electron chi connectivity index (χ2n) is 7.58. The highest BCUT2D eigenvalue weighted by molar-refractivity contribution is 7.91. The predicted molar refractivity (Wildman–Crippen MR) is 113 cm³/mol. The number of ether oxygens (including phenoxy) is 1. The van der Waals surface area contributed by atoms with Gasteiger partial charge in [0.2, 0.25) is 5.91 Å². The molecule has 9 heteroatoms. The van der Waals surface area contributed by atoms with Crippen LogP contribution >= 0.6 is 11.3 Å². The Labute approximate surface area is 180 Å². The Morgan fingerprint density at radius 3 is 2.53 bits per heavy atom. The lowest BCUT2D eigenvalue weighted by Crippen LogP contribution is -2.42. The van der Waals surface area contributed by atoms with Crippen molar-refractivity contribution in [2.75, 3.05) is 20.2 Å². The molecule has 1 amide bonds. The van der Waals surface area contributed by atoms with Crippen molar-refractivity contribution >= 4 is 33.2 Å². The monoisotopic (exact) mass is 448 g/mol. The van der Waals surface area contributed by atoms with E-state index in [0.717, 1.165) is 34.6 Å². The number of esters is 1. The van der Waals surface area contributed by atoms with Gasteiger partial charge in [-0.15, -0.1) is 11.3 Å². The highest BCUT2D eigenvalue weighted by Gasteiger charge is 2.53. The molecule has 0 saturated heterocycles. The normalized spacial score (nSPS) is 17.3. The van der Waals surface area contributed by atoms with E-state index in [0.29, 0.717) is 25.1 Å². The van der Waals surface area contributed by atoms with Crippen LogP contribution in [-0.4, -0.2) is 45.4 Å². The van der Waals surface area contributed by atoms with Gasteiger partial charge < -0.3 is 9.64 Å². The van der Waals surface area contributed by atoms with Crippen LogP contribution in [0.2, 0.25) is 0 Å². The predicted octanol–water partition coefficient (Wildman–Crippen LogP) is 2.45. The summed E-state index contributed by atoms with van der Waals surface area (Å²) in [7, 11) is -2.58. The lowest BCUT2D eigenvalue weighted by Gasteiger charge is -2.31. The van der Waals surface area contributed by atoms with E-state index in [2.05, 4.69) is 4.72 Å². The van der Waals surface area contributed by atoms with Gasteiger partial charge in [-0.25, -0.2) is 17.9 Å². The second-order valence-corrected chi connectivity index (χ2v) is 10.7. The fourth-order valence-corrected chi connectivity index (χ4v) is 7.10. The third kappa shape index (κ3) is 3.44. The van der Waals surface area contributed by atoms with Crippen molar-refractivity contribution in [2.45, 2.75) is 42.4 Å². The summed E-state index contributed by atoms with van der Waals surface area (Å²) in [6.07, 6.45) is 2.06. The third-order valence-corrected chi connectivity index (χ3v) is 9.05. The van der Waals surface area contributed by atoms with Crippen molar-refractivity contribution in [3.05, 3.63) is 51.9 Å². The maximum Gasteiger partial charge on any atom is 0.340 e. The average Bonchev–Trinajstić information content (AvgIpc) is 3.47. The van der Waals surface area contributed by atoms with Crippen LogP contribution in [0, 0.1) is 0 Å². The van der Waals surface area contributed by atoms with Crippen molar-refractivity contribution in [3.63, 3.8) is 0 Å². The molecule has 1 saturated carbocycles.